The maximum absolute atomic E-state index is 12.7. The molecule has 0 amide bonds. The van der Waals surface area contributed by atoms with Gasteiger partial charge in [-0.15, -0.1) is 0 Å². The van der Waals surface area contributed by atoms with Crippen LogP contribution in [0.15, 0.2) is 23.1 Å². The Kier molecular flexibility index (Phi) is 3.99. The lowest BCUT2D eigenvalue weighted by molar-refractivity contribution is 0.339. The first-order valence-corrected chi connectivity index (χ1v) is 8.86. The number of sulfonamides is 1. The number of fused-ring (bicyclic) bond motifs is 1. The minimum atomic E-state index is -3.52. The summed E-state index contributed by atoms with van der Waals surface area (Å²) in [7, 11) is -3.52. The van der Waals surface area contributed by atoms with Crippen molar-refractivity contribution in [2.45, 2.75) is 23.8 Å². The third kappa shape index (κ3) is 2.70. The molecule has 0 spiro atoms. The fraction of sp³-hybridized carbons (Fsp3) is 0.538. The number of hydrogen-bond donors (Lipinski definition) is 1. The topological polar surface area (TPSA) is 49.4 Å². The van der Waals surface area contributed by atoms with Crippen LogP contribution in [-0.4, -0.2) is 38.4 Å². The van der Waals surface area contributed by atoms with E-state index in [0.29, 0.717) is 29.1 Å². The Balaban J connectivity index is 1.88. The number of nitrogens with zero attached hydrogens (tertiary/aromatic N) is 1. The van der Waals surface area contributed by atoms with Crippen LogP contribution in [0.5, 0.6) is 0 Å². The van der Waals surface area contributed by atoms with Gasteiger partial charge in [-0.1, -0.05) is 23.2 Å². The standard InChI is InChI=1S/C13H16Cl2N2O2S/c14-10-4-11(15)6-12(5-10)20(18,19)17-7-9-2-1-3-16-13(9)8-17/h4-6,9,13,16H,1-3,7-8H2. The maximum atomic E-state index is 12.7. The highest BCUT2D eigenvalue weighted by molar-refractivity contribution is 7.89. The number of hydrogen-bond acceptors (Lipinski definition) is 3. The summed E-state index contributed by atoms with van der Waals surface area (Å²) >= 11 is 11.8. The molecule has 4 nitrogen and oxygen atoms in total. The monoisotopic (exact) mass is 334 g/mol. The van der Waals surface area contributed by atoms with Gasteiger partial charge in [0.2, 0.25) is 10.0 Å². The molecule has 20 heavy (non-hydrogen) atoms. The molecule has 2 atom stereocenters. The van der Waals surface area contributed by atoms with Crippen LogP contribution in [0, 0.1) is 5.92 Å². The van der Waals surface area contributed by atoms with Crippen molar-refractivity contribution in [2.75, 3.05) is 19.6 Å². The van der Waals surface area contributed by atoms with E-state index in [0.717, 1.165) is 19.4 Å². The van der Waals surface area contributed by atoms with Crippen molar-refractivity contribution in [1.29, 1.82) is 0 Å². The summed E-state index contributed by atoms with van der Waals surface area (Å²) in [5.41, 5.74) is 0. The normalized spacial score (nSPS) is 27.5. The molecular formula is C13H16Cl2N2O2S. The molecule has 2 aliphatic heterocycles. The Morgan fingerprint density at radius 1 is 1.15 bits per heavy atom. The molecule has 2 unspecified atom stereocenters. The van der Waals surface area contributed by atoms with Crippen molar-refractivity contribution < 1.29 is 8.42 Å². The second-order valence-electron chi connectivity index (χ2n) is 5.39. The van der Waals surface area contributed by atoms with Crippen LogP contribution in [0.1, 0.15) is 12.8 Å². The minimum Gasteiger partial charge on any atom is -0.312 e. The summed E-state index contributed by atoms with van der Waals surface area (Å²) in [5, 5.41) is 4.08. The van der Waals surface area contributed by atoms with Crippen LogP contribution < -0.4 is 5.32 Å². The van der Waals surface area contributed by atoms with E-state index >= 15 is 0 Å². The van der Waals surface area contributed by atoms with E-state index in [9.17, 15) is 8.42 Å². The molecule has 7 heteroatoms. The molecule has 1 aromatic rings. The number of halogens is 2. The largest absolute Gasteiger partial charge is 0.312 e. The summed E-state index contributed by atoms with van der Waals surface area (Å²) in [6.45, 7) is 2.07. The molecule has 1 N–H and O–H groups in total. The predicted octanol–water partition coefficient (Wildman–Crippen LogP) is 2.37. The van der Waals surface area contributed by atoms with Crippen LogP contribution in [0.25, 0.3) is 0 Å². The fourth-order valence-electron chi connectivity index (χ4n) is 3.03. The first-order valence-electron chi connectivity index (χ1n) is 6.66. The van der Waals surface area contributed by atoms with E-state index in [1.54, 1.807) is 4.31 Å². The van der Waals surface area contributed by atoms with Crippen molar-refractivity contribution in [3.8, 4) is 0 Å². The van der Waals surface area contributed by atoms with Gasteiger partial charge in [-0.25, -0.2) is 8.42 Å². The van der Waals surface area contributed by atoms with Gasteiger partial charge in [0.1, 0.15) is 0 Å². The second-order valence-corrected chi connectivity index (χ2v) is 8.20. The third-order valence-electron chi connectivity index (χ3n) is 4.04. The van der Waals surface area contributed by atoms with Gasteiger partial charge < -0.3 is 5.32 Å². The van der Waals surface area contributed by atoms with Crippen LogP contribution >= 0.6 is 23.2 Å². The van der Waals surface area contributed by atoms with Crippen molar-refractivity contribution in [1.82, 2.24) is 9.62 Å². The molecule has 2 saturated heterocycles. The van der Waals surface area contributed by atoms with E-state index in [1.165, 1.54) is 18.2 Å². The third-order valence-corrected chi connectivity index (χ3v) is 6.29. The zero-order chi connectivity index (χ0) is 14.3. The van der Waals surface area contributed by atoms with Crippen molar-refractivity contribution in [2.24, 2.45) is 5.92 Å². The summed E-state index contributed by atoms with van der Waals surface area (Å²) in [5.74, 6) is 0.410. The van der Waals surface area contributed by atoms with E-state index in [2.05, 4.69) is 5.32 Å². The molecule has 2 aliphatic rings. The van der Waals surface area contributed by atoms with E-state index in [-0.39, 0.29) is 10.9 Å². The number of nitrogens with one attached hydrogen (secondary N) is 1. The summed E-state index contributed by atoms with van der Waals surface area (Å²) in [6, 6.07) is 4.72. The van der Waals surface area contributed by atoms with Crippen molar-refractivity contribution in [3.05, 3.63) is 28.2 Å². The van der Waals surface area contributed by atoms with Crippen LogP contribution in [0.3, 0.4) is 0 Å². The zero-order valence-corrected chi connectivity index (χ0v) is 13.2. The van der Waals surface area contributed by atoms with Gasteiger partial charge in [0, 0.05) is 29.2 Å². The molecule has 0 aromatic heterocycles. The summed E-state index contributed by atoms with van der Waals surface area (Å²) < 4.78 is 26.9. The molecule has 2 heterocycles. The fourth-order valence-corrected chi connectivity index (χ4v) is 5.28. The van der Waals surface area contributed by atoms with Crippen LogP contribution in [-0.2, 0) is 10.0 Å². The molecule has 0 radical (unpaired) electrons. The van der Waals surface area contributed by atoms with Gasteiger partial charge in [0.25, 0.3) is 0 Å². The Bertz CT molecular complexity index is 587. The lowest BCUT2D eigenvalue weighted by Gasteiger charge is -2.24. The Labute approximate surface area is 129 Å². The van der Waals surface area contributed by atoms with Gasteiger partial charge in [-0.2, -0.15) is 4.31 Å². The molecule has 1 aromatic carbocycles. The van der Waals surface area contributed by atoms with Gasteiger partial charge in [-0.05, 0) is 43.5 Å². The van der Waals surface area contributed by atoms with Gasteiger partial charge in [0.15, 0.2) is 0 Å². The van der Waals surface area contributed by atoms with Crippen LogP contribution in [0.4, 0.5) is 0 Å². The zero-order valence-electron chi connectivity index (χ0n) is 10.9. The van der Waals surface area contributed by atoms with Crippen molar-refractivity contribution >= 4 is 33.2 Å². The summed E-state index contributed by atoms with van der Waals surface area (Å²) in [6.07, 6.45) is 2.19. The first kappa shape index (κ1) is 14.6. The molecule has 110 valence electrons. The van der Waals surface area contributed by atoms with Crippen LogP contribution in [0.2, 0.25) is 10.0 Å². The average Bonchev–Trinajstić information content (AvgIpc) is 2.82. The predicted molar refractivity (Wildman–Crippen MR) is 79.7 cm³/mol. The van der Waals surface area contributed by atoms with Gasteiger partial charge in [-0.3, -0.25) is 0 Å². The number of piperidine rings is 1. The highest BCUT2D eigenvalue weighted by Crippen LogP contribution is 2.31. The highest BCUT2D eigenvalue weighted by Gasteiger charge is 2.40. The Morgan fingerprint density at radius 3 is 2.50 bits per heavy atom. The number of rotatable bonds is 2. The van der Waals surface area contributed by atoms with E-state index in [4.69, 9.17) is 23.2 Å². The molecule has 2 fully saturated rings. The molecule has 0 bridgehead atoms. The quantitative estimate of drug-likeness (QED) is 0.903. The molecule has 3 rings (SSSR count). The van der Waals surface area contributed by atoms with E-state index in [1.807, 2.05) is 0 Å². The SMILES string of the molecule is O=S(=O)(c1cc(Cl)cc(Cl)c1)N1CC2CCCNC2C1. The second kappa shape index (κ2) is 5.46. The lowest BCUT2D eigenvalue weighted by atomic mass is 9.94. The maximum Gasteiger partial charge on any atom is 0.243 e. The molecule has 0 aliphatic carbocycles. The lowest BCUT2D eigenvalue weighted by Crippen LogP contribution is -2.41. The molecule has 0 saturated carbocycles. The average molecular weight is 335 g/mol. The van der Waals surface area contributed by atoms with Crippen molar-refractivity contribution in [3.63, 3.8) is 0 Å². The highest BCUT2D eigenvalue weighted by atomic mass is 35.5. The van der Waals surface area contributed by atoms with Gasteiger partial charge >= 0.3 is 0 Å². The smallest absolute Gasteiger partial charge is 0.243 e. The molecular weight excluding hydrogens is 319 g/mol. The van der Waals surface area contributed by atoms with Gasteiger partial charge in [0.05, 0.1) is 4.90 Å². The number of benzene rings is 1. The minimum absolute atomic E-state index is 0.175. The van der Waals surface area contributed by atoms with E-state index < -0.39 is 10.0 Å². The Morgan fingerprint density at radius 2 is 1.85 bits per heavy atom. The first-order chi connectivity index (χ1) is 9.46. The Hall–Kier alpha value is -0.330. The summed E-state index contributed by atoms with van der Waals surface area (Å²) in [4.78, 5) is 0.175.